The number of cyclic esters (lactones) is 1. The number of ether oxygens (including phenoxy) is 1. The Morgan fingerprint density at radius 3 is 2.57 bits per heavy atom. The zero-order valence-electron chi connectivity index (χ0n) is 9.19. The van der Waals surface area contributed by atoms with Gasteiger partial charge in [-0.25, -0.2) is 0 Å². The van der Waals surface area contributed by atoms with Crippen molar-refractivity contribution >= 4 is 5.97 Å². The number of aliphatic hydroxyl groups excluding tert-OH is 1. The lowest BCUT2D eigenvalue weighted by molar-refractivity contribution is -0.151. The van der Waals surface area contributed by atoms with E-state index < -0.39 is 6.10 Å². The molecule has 1 N–H and O–H groups in total. The highest BCUT2D eigenvalue weighted by Crippen LogP contribution is 2.25. The van der Waals surface area contributed by atoms with Crippen molar-refractivity contribution in [2.45, 2.75) is 39.7 Å². The minimum Gasteiger partial charge on any atom is -0.465 e. The Hall–Kier alpha value is -0.570. The van der Waals surface area contributed by atoms with Crippen LogP contribution in [0.1, 0.15) is 33.6 Å². The molecule has 0 radical (unpaired) electrons. The summed E-state index contributed by atoms with van der Waals surface area (Å²) in [5.41, 5.74) is 0. The summed E-state index contributed by atoms with van der Waals surface area (Å²) in [6.07, 6.45) is 1.03. The molecule has 0 amide bonds. The summed E-state index contributed by atoms with van der Waals surface area (Å²) in [4.78, 5) is 11.4. The van der Waals surface area contributed by atoms with Crippen molar-refractivity contribution in [3.05, 3.63) is 0 Å². The second-order valence-electron chi connectivity index (χ2n) is 4.50. The van der Waals surface area contributed by atoms with Gasteiger partial charge < -0.3 is 9.84 Å². The van der Waals surface area contributed by atoms with E-state index in [1.54, 1.807) is 6.92 Å². The quantitative estimate of drug-likeness (QED) is 0.604. The van der Waals surface area contributed by atoms with E-state index in [1.165, 1.54) is 0 Å². The minimum absolute atomic E-state index is 0.265. The molecule has 3 nitrogen and oxygen atoms in total. The maximum Gasteiger partial charge on any atom is 0.311 e. The predicted octanol–water partition coefficient (Wildman–Crippen LogP) is 1.59. The third-order valence-electron chi connectivity index (χ3n) is 3.35. The van der Waals surface area contributed by atoms with Gasteiger partial charge in [0.1, 0.15) is 0 Å². The molecule has 0 bridgehead atoms. The summed E-state index contributed by atoms with van der Waals surface area (Å²) >= 11 is 0. The van der Waals surface area contributed by atoms with E-state index in [-0.39, 0.29) is 11.9 Å². The fourth-order valence-electron chi connectivity index (χ4n) is 1.74. The fourth-order valence-corrected chi connectivity index (χ4v) is 1.74. The summed E-state index contributed by atoms with van der Waals surface area (Å²) in [6.45, 7) is 6.48. The minimum atomic E-state index is -0.557. The first-order valence-corrected chi connectivity index (χ1v) is 5.37. The molecule has 1 heterocycles. The van der Waals surface area contributed by atoms with Gasteiger partial charge in [-0.2, -0.15) is 0 Å². The highest BCUT2D eigenvalue weighted by atomic mass is 16.5. The van der Waals surface area contributed by atoms with Gasteiger partial charge in [0, 0.05) is 0 Å². The van der Waals surface area contributed by atoms with E-state index >= 15 is 0 Å². The number of hydrogen-bond donors (Lipinski definition) is 1. The second-order valence-corrected chi connectivity index (χ2v) is 4.50. The van der Waals surface area contributed by atoms with Crippen molar-refractivity contribution in [1.29, 1.82) is 0 Å². The van der Waals surface area contributed by atoms with E-state index in [2.05, 4.69) is 13.8 Å². The van der Waals surface area contributed by atoms with Crippen molar-refractivity contribution in [1.82, 2.24) is 0 Å². The largest absolute Gasteiger partial charge is 0.465 e. The molecule has 3 heteroatoms. The highest BCUT2D eigenvalue weighted by molar-refractivity contribution is 5.72. The maximum atomic E-state index is 11.4. The Labute approximate surface area is 85.5 Å². The molecule has 0 spiro atoms. The molecule has 0 saturated carbocycles. The Morgan fingerprint density at radius 1 is 1.29 bits per heavy atom. The van der Waals surface area contributed by atoms with Crippen LogP contribution in [0.4, 0.5) is 0 Å². The summed E-state index contributed by atoms with van der Waals surface area (Å²) in [5, 5.41) is 9.77. The van der Waals surface area contributed by atoms with Crippen LogP contribution < -0.4 is 0 Å². The van der Waals surface area contributed by atoms with Crippen LogP contribution in [0.5, 0.6) is 0 Å². The van der Waals surface area contributed by atoms with Crippen LogP contribution in [0, 0.1) is 17.8 Å². The van der Waals surface area contributed by atoms with Crippen molar-refractivity contribution < 1.29 is 14.6 Å². The second kappa shape index (κ2) is 4.78. The van der Waals surface area contributed by atoms with Gasteiger partial charge in [-0.15, -0.1) is 0 Å². The third kappa shape index (κ3) is 2.71. The third-order valence-corrected chi connectivity index (χ3v) is 3.35. The summed E-state index contributed by atoms with van der Waals surface area (Å²) in [6, 6.07) is 0. The van der Waals surface area contributed by atoms with Crippen molar-refractivity contribution in [3.8, 4) is 0 Å². The zero-order chi connectivity index (χ0) is 10.7. The summed E-state index contributed by atoms with van der Waals surface area (Å²) < 4.78 is 5.07. The number of esters is 1. The lowest BCUT2D eigenvalue weighted by Gasteiger charge is -2.21. The van der Waals surface area contributed by atoms with Crippen molar-refractivity contribution in [3.63, 3.8) is 0 Å². The lowest BCUT2D eigenvalue weighted by atomic mass is 9.86. The molecule has 0 aromatic heterocycles. The standard InChI is InChI=1S/C11H20O3/c1-7-4-5-14-11(13)9(3)10(12)6-8(7)2/h7-10,12H,4-6H2,1-3H3. The van der Waals surface area contributed by atoms with Crippen molar-refractivity contribution in [2.75, 3.05) is 6.61 Å². The van der Waals surface area contributed by atoms with Gasteiger partial charge in [0.15, 0.2) is 0 Å². The fraction of sp³-hybridized carbons (Fsp3) is 0.909. The average Bonchev–Trinajstić information content (AvgIpc) is 2.17. The number of aliphatic hydroxyl groups is 1. The Balaban J connectivity index is 2.66. The normalized spacial score (nSPS) is 40.7. The predicted molar refractivity (Wildman–Crippen MR) is 53.7 cm³/mol. The van der Waals surface area contributed by atoms with Crippen LogP contribution in [0.3, 0.4) is 0 Å². The molecule has 0 aromatic rings. The molecule has 4 unspecified atom stereocenters. The van der Waals surface area contributed by atoms with Gasteiger partial charge in [0.25, 0.3) is 0 Å². The molecule has 4 atom stereocenters. The van der Waals surface area contributed by atoms with Crippen LogP contribution >= 0.6 is 0 Å². The molecule has 0 aromatic carbocycles. The molecule has 1 aliphatic rings. The number of hydrogen-bond acceptors (Lipinski definition) is 3. The number of carbonyl (C=O) groups is 1. The average molecular weight is 200 g/mol. The molecule has 1 saturated heterocycles. The van der Waals surface area contributed by atoms with Crippen LogP contribution in [0.15, 0.2) is 0 Å². The van der Waals surface area contributed by atoms with Crippen molar-refractivity contribution in [2.24, 2.45) is 17.8 Å². The van der Waals surface area contributed by atoms with Gasteiger partial charge in [0.05, 0.1) is 18.6 Å². The van der Waals surface area contributed by atoms with E-state index in [9.17, 15) is 9.90 Å². The van der Waals surface area contributed by atoms with E-state index in [1.807, 2.05) is 0 Å². The first-order valence-electron chi connectivity index (χ1n) is 5.37. The lowest BCUT2D eigenvalue weighted by Crippen LogP contribution is -2.28. The highest BCUT2D eigenvalue weighted by Gasteiger charge is 2.28. The SMILES string of the molecule is CC1CCOC(=O)C(C)C(O)CC1C. The molecule has 0 aliphatic carbocycles. The van der Waals surface area contributed by atoms with Crippen LogP contribution in [0.2, 0.25) is 0 Å². The monoisotopic (exact) mass is 200 g/mol. The molecular weight excluding hydrogens is 180 g/mol. The van der Waals surface area contributed by atoms with Crippen LogP contribution in [-0.2, 0) is 9.53 Å². The Bertz CT molecular complexity index is 203. The van der Waals surface area contributed by atoms with Gasteiger partial charge in [-0.05, 0) is 31.6 Å². The first-order chi connectivity index (χ1) is 6.52. The van der Waals surface area contributed by atoms with Gasteiger partial charge >= 0.3 is 5.97 Å². The van der Waals surface area contributed by atoms with E-state index in [4.69, 9.17) is 4.74 Å². The molecule has 1 fully saturated rings. The molecule has 82 valence electrons. The van der Waals surface area contributed by atoms with E-state index in [0.29, 0.717) is 24.9 Å². The maximum absolute atomic E-state index is 11.4. The topological polar surface area (TPSA) is 46.5 Å². The Kier molecular flexibility index (Phi) is 3.93. The first kappa shape index (κ1) is 11.5. The molecular formula is C11H20O3. The smallest absolute Gasteiger partial charge is 0.311 e. The van der Waals surface area contributed by atoms with Crippen LogP contribution in [0.25, 0.3) is 0 Å². The molecule has 14 heavy (non-hydrogen) atoms. The van der Waals surface area contributed by atoms with Crippen LogP contribution in [-0.4, -0.2) is 23.8 Å². The van der Waals surface area contributed by atoms with Gasteiger partial charge in [-0.3, -0.25) is 4.79 Å². The number of carbonyl (C=O) groups excluding carboxylic acids is 1. The summed E-state index contributed by atoms with van der Waals surface area (Å²) in [5.74, 6) is 0.297. The summed E-state index contributed by atoms with van der Waals surface area (Å²) in [7, 11) is 0. The Morgan fingerprint density at radius 2 is 1.93 bits per heavy atom. The van der Waals surface area contributed by atoms with E-state index in [0.717, 1.165) is 6.42 Å². The molecule has 1 aliphatic heterocycles. The zero-order valence-corrected chi connectivity index (χ0v) is 9.19. The molecule has 1 rings (SSSR count). The van der Waals surface area contributed by atoms with Gasteiger partial charge in [0.2, 0.25) is 0 Å². The van der Waals surface area contributed by atoms with Gasteiger partial charge in [-0.1, -0.05) is 13.8 Å². The number of rotatable bonds is 0.